The lowest BCUT2D eigenvalue weighted by molar-refractivity contribution is 0.158. The van der Waals surface area contributed by atoms with Crippen LogP contribution in [0.4, 0.5) is 0 Å². The van der Waals surface area contributed by atoms with Crippen molar-refractivity contribution in [1.29, 1.82) is 0 Å². The quantitative estimate of drug-likeness (QED) is 0.461. The molecule has 2 aromatic carbocycles. The van der Waals surface area contributed by atoms with Gasteiger partial charge in [-0.3, -0.25) is 9.80 Å². The van der Waals surface area contributed by atoms with Crippen molar-refractivity contribution in [3.8, 4) is 0 Å². The van der Waals surface area contributed by atoms with Gasteiger partial charge in [0.25, 0.3) is 0 Å². The predicted molar refractivity (Wildman–Crippen MR) is 121 cm³/mol. The number of likely N-dealkylation sites (tertiary alicyclic amines) is 1. The highest BCUT2D eigenvalue weighted by Crippen LogP contribution is 2.22. The van der Waals surface area contributed by atoms with Crippen LogP contribution in [0.5, 0.6) is 0 Å². The van der Waals surface area contributed by atoms with Crippen molar-refractivity contribution < 1.29 is 0 Å². The fourth-order valence-corrected chi connectivity index (χ4v) is 4.72. The summed E-state index contributed by atoms with van der Waals surface area (Å²) in [5.74, 6) is 2.13. The van der Waals surface area contributed by atoms with E-state index < -0.39 is 0 Å². The molecule has 1 unspecified atom stereocenters. The number of aromatic amines is 2. The molecular weight excluding hydrogens is 372 g/mol. The zero-order chi connectivity index (χ0) is 20.3. The predicted octanol–water partition coefficient (Wildman–Crippen LogP) is 4.32. The molecule has 2 N–H and O–H groups in total. The van der Waals surface area contributed by atoms with E-state index >= 15 is 0 Å². The zero-order valence-corrected chi connectivity index (χ0v) is 17.6. The average Bonchev–Trinajstić information content (AvgIpc) is 3.46. The fourth-order valence-electron chi connectivity index (χ4n) is 4.72. The topological polar surface area (TPSA) is 63.8 Å². The highest BCUT2D eigenvalue weighted by atomic mass is 15.2. The van der Waals surface area contributed by atoms with E-state index in [-0.39, 0.29) is 0 Å². The lowest BCUT2D eigenvalue weighted by Gasteiger charge is -2.29. The van der Waals surface area contributed by atoms with Gasteiger partial charge in [-0.2, -0.15) is 0 Å². The van der Waals surface area contributed by atoms with Crippen molar-refractivity contribution in [2.24, 2.45) is 0 Å². The van der Waals surface area contributed by atoms with Gasteiger partial charge < -0.3 is 9.97 Å². The molecule has 5 rings (SSSR count). The third-order valence-electron chi connectivity index (χ3n) is 6.11. The van der Waals surface area contributed by atoms with Crippen LogP contribution in [0.1, 0.15) is 37.8 Å². The van der Waals surface area contributed by atoms with Gasteiger partial charge in [-0.15, -0.1) is 0 Å². The number of benzene rings is 2. The summed E-state index contributed by atoms with van der Waals surface area (Å²) in [4.78, 5) is 21.7. The molecule has 2 aromatic heterocycles. The molecule has 156 valence electrons. The first-order chi connectivity index (χ1) is 14.8. The van der Waals surface area contributed by atoms with Gasteiger partial charge in [0.1, 0.15) is 11.6 Å². The second-order valence-electron chi connectivity index (χ2n) is 8.40. The monoisotopic (exact) mass is 402 g/mol. The average molecular weight is 403 g/mol. The highest BCUT2D eigenvalue weighted by molar-refractivity contribution is 5.75. The van der Waals surface area contributed by atoms with Gasteiger partial charge in [0.05, 0.1) is 35.2 Å². The SMILES string of the molecule is CCCN(Cc1nc2ccccc2[nH]1)CC1CCCN1Cc1nc2ccccc2[nH]1. The maximum Gasteiger partial charge on any atom is 0.121 e. The lowest BCUT2D eigenvalue weighted by atomic mass is 10.2. The molecule has 1 aliphatic rings. The van der Waals surface area contributed by atoms with Crippen LogP contribution in [0.2, 0.25) is 0 Å². The number of hydrogen-bond acceptors (Lipinski definition) is 4. The third kappa shape index (κ3) is 4.11. The van der Waals surface area contributed by atoms with Gasteiger partial charge >= 0.3 is 0 Å². The number of H-pyrrole nitrogens is 2. The van der Waals surface area contributed by atoms with Crippen LogP contribution < -0.4 is 0 Å². The number of fused-ring (bicyclic) bond motifs is 2. The minimum atomic E-state index is 0.564. The molecule has 0 spiro atoms. The van der Waals surface area contributed by atoms with Gasteiger partial charge in [0, 0.05) is 12.6 Å². The second kappa shape index (κ2) is 8.58. The number of para-hydroxylation sites is 4. The Morgan fingerprint density at radius 1 is 0.967 bits per heavy atom. The first-order valence-electron chi connectivity index (χ1n) is 11.1. The van der Waals surface area contributed by atoms with E-state index in [4.69, 9.17) is 9.97 Å². The Balaban J connectivity index is 1.27. The minimum absolute atomic E-state index is 0.564. The summed E-state index contributed by atoms with van der Waals surface area (Å²) in [6.07, 6.45) is 3.66. The minimum Gasteiger partial charge on any atom is -0.341 e. The van der Waals surface area contributed by atoms with Crippen molar-refractivity contribution >= 4 is 22.1 Å². The Kier molecular flexibility index (Phi) is 5.51. The fraction of sp³-hybridized carbons (Fsp3) is 0.417. The number of imidazole rings is 2. The van der Waals surface area contributed by atoms with E-state index in [2.05, 4.69) is 63.1 Å². The van der Waals surface area contributed by atoms with Crippen molar-refractivity contribution in [3.63, 3.8) is 0 Å². The number of hydrogen-bond donors (Lipinski definition) is 2. The van der Waals surface area contributed by atoms with Crippen LogP contribution in [0.3, 0.4) is 0 Å². The number of nitrogens with one attached hydrogen (secondary N) is 2. The lowest BCUT2D eigenvalue weighted by Crippen LogP contribution is -2.40. The number of aromatic nitrogens is 4. The third-order valence-corrected chi connectivity index (χ3v) is 6.11. The van der Waals surface area contributed by atoms with Crippen molar-refractivity contribution in [1.82, 2.24) is 29.7 Å². The largest absolute Gasteiger partial charge is 0.341 e. The molecule has 0 amide bonds. The van der Waals surface area contributed by atoms with E-state index in [1.54, 1.807) is 0 Å². The molecule has 0 saturated carbocycles. The van der Waals surface area contributed by atoms with Gasteiger partial charge in [-0.1, -0.05) is 31.2 Å². The molecule has 1 saturated heterocycles. The molecular formula is C24H30N6. The van der Waals surface area contributed by atoms with Crippen LogP contribution in [-0.4, -0.2) is 55.4 Å². The second-order valence-corrected chi connectivity index (χ2v) is 8.40. The Labute approximate surface area is 177 Å². The standard InChI is InChI=1S/C24H30N6/c1-2-13-29(16-23-25-19-9-3-4-10-20(19)26-23)15-18-8-7-14-30(18)17-24-27-21-11-5-6-12-22(21)28-24/h3-6,9-12,18H,2,7-8,13-17H2,1H3,(H,25,26)(H,27,28). The molecule has 30 heavy (non-hydrogen) atoms. The highest BCUT2D eigenvalue weighted by Gasteiger charge is 2.27. The van der Waals surface area contributed by atoms with E-state index in [1.165, 1.54) is 12.8 Å². The maximum absolute atomic E-state index is 4.79. The number of nitrogens with zero attached hydrogens (tertiary/aromatic N) is 4. The summed E-state index contributed by atoms with van der Waals surface area (Å²) in [5.41, 5.74) is 4.36. The first kappa shape index (κ1) is 19.3. The molecule has 6 heteroatoms. The zero-order valence-electron chi connectivity index (χ0n) is 17.6. The van der Waals surface area contributed by atoms with Gasteiger partial charge in [-0.25, -0.2) is 9.97 Å². The Morgan fingerprint density at radius 3 is 2.33 bits per heavy atom. The molecule has 3 heterocycles. The molecule has 0 radical (unpaired) electrons. The van der Waals surface area contributed by atoms with E-state index in [0.29, 0.717) is 6.04 Å². The summed E-state index contributed by atoms with van der Waals surface area (Å²) >= 11 is 0. The van der Waals surface area contributed by atoms with Crippen LogP contribution in [-0.2, 0) is 13.1 Å². The summed E-state index contributed by atoms with van der Waals surface area (Å²) < 4.78 is 0. The van der Waals surface area contributed by atoms with Gasteiger partial charge in [0.2, 0.25) is 0 Å². The van der Waals surface area contributed by atoms with Gasteiger partial charge in [0.15, 0.2) is 0 Å². The van der Waals surface area contributed by atoms with E-state index in [0.717, 1.165) is 72.9 Å². The van der Waals surface area contributed by atoms with Crippen LogP contribution >= 0.6 is 0 Å². The smallest absolute Gasteiger partial charge is 0.121 e. The normalized spacial score (nSPS) is 17.6. The van der Waals surface area contributed by atoms with Crippen LogP contribution in [0.25, 0.3) is 22.1 Å². The molecule has 6 nitrogen and oxygen atoms in total. The first-order valence-corrected chi connectivity index (χ1v) is 11.1. The molecule has 4 aromatic rings. The molecule has 0 aliphatic carbocycles. The van der Waals surface area contributed by atoms with Crippen LogP contribution in [0, 0.1) is 0 Å². The van der Waals surface area contributed by atoms with Crippen molar-refractivity contribution in [2.75, 3.05) is 19.6 Å². The van der Waals surface area contributed by atoms with Crippen LogP contribution in [0.15, 0.2) is 48.5 Å². The number of rotatable bonds is 8. The molecule has 0 bridgehead atoms. The van der Waals surface area contributed by atoms with Crippen molar-refractivity contribution in [2.45, 2.75) is 45.3 Å². The molecule has 1 fully saturated rings. The molecule has 1 atom stereocenters. The van der Waals surface area contributed by atoms with E-state index in [1.807, 2.05) is 12.1 Å². The Morgan fingerprint density at radius 2 is 1.63 bits per heavy atom. The van der Waals surface area contributed by atoms with Crippen molar-refractivity contribution in [3.05, 3.63) is 60.2 Å². The van der Waals surface area contributed by atoms with E-state index in [9.17, 15) is 0 Å². The summed E-state index contributed by atoms with van der Waals surface area (Å²) in [7, 11) is 0. The Hall–Kier alpha value is -2.70. The maximum atomic E-state index is 4.79. The summed E-state index contributed by atoms with van der Waals surface area (Å²) in [6.45, 7) is 7.33. The summed E-state index contributed by atoms with van der Waals surface area (Å²) in [6, 6.07) is 17.1. The van der Waals surface area contributed by atoms with Gasteiger partial charge in [-0.05, 0) is 56.6 Å². The molecule has 1 aliphatic heterocycles. The Bertz CT molecular complexity index is 1050. The summed E-state index contributed by atoms with van der Waals surface area (Å²) in [5, 5.41) is 0.